The fourth-order valence-electron chi connectivity index (χ4n) is 7.63. The lowest BCUT2D eigenvalue weighted by molar-refractivity contribution is 1.11. The molecular weight excluding hydrogens is 485 g/mol. The molecule has 7 aromatic rings. The molecule has 3 aliphatic rings. The maximum Gasteiger partial charge on any atom is 0.252 e. The van der Waals surface area contributed by atoms with Crippen LogP contribution in [0.3, 0.4) is 0 Å². The molecule has 0 aliphatic carbocycles. The Morgan fingerprint density at radius 1 is 0.425 bits per heavy atom. The van der Waals surface area contributed by atoms with Gasteiger partial charge in [0.05, 0.1) is 28.1 Å². The molecule has 10 rings (SSSR count). The number of aromatic nitrogens is 1. The van der Waals surface area contributed by atoms with Crippen LogP contribution in [0.4, 0.5) is 34.1 Å². The smallest absolute Gasteiger partial charge is 0.252 e. The molecule has 0 bridgehead atoms. The van der Waals surface area contributed by atoms with E-state index in [-0.39, 0.29) is 6.71 Å². The van der Waals surface area contributed by atoms with Crippen LogP contribution in [0.1, 0.15) is 0 Å². The third-order valence-corrected chi connectivity index (χ3v) is 9.07. The number of hydrogen-bond acceptors (Lipinski definition) is 2. The molecule has 0 fully saturated rings. The Hall–Kier alpha value is -5.22. The molecule has 0 atom stereocenters. The van der Waals surface area contributed by atoms with Crippen LogP contribution < -0.4 is 26.2 Å². The number of rotatable bonds is 1. The number of benzene rings is 6. The first kappa shape index (κ1) is 20.7. The largest absolute Gasteiger partial charge is 0.311 e. The second kappa shape index (κ2) is 7.25. The molecule has 184 valence electrons. The van der Waals surface area contributed by atoms with E-state index in [1.807, 2.05) is 0 Å². The summed E-state index contributed by atoms with van der Waals surface area (Å²) in [5.41, 5.74) is 15.4. The Kier molecular flexibility index (Phi) is 3.75. The van der Waals surface area contributed by atoms with E-state index in [0.717, 1.165) is 0 Å². The topological polar surface area (TPSA) is 11.4 Å². The Bertz CT molecular complexity index is 2200. The molecule has 4 heteroatoms. The van der Waals surface area contributed by atoms with Crippen molar-refractivity contribution in [1.29, 1.82) is 0 Å². The molecule has 4 heterocycles. The second-order valence-electron chi connectivity index (χ2n) is 10.9. The summed E-state index contributed by atoms with van der Waals surface area (Å²) in [5.74, 6) is 0. The summed E-state index contributed by atoms with van der Waals surface area (Å²) in [5, 5.41) is 2.60. The van der Waals surface area contributed by atoms with Gasteiger partial charge in [0.25, 0.3) is 6.71 Å². The van der Waals surface area contributed by atoms with Gasteiger partial charge in [0.1, 0.15) is 0 Å². The molecule has 0 N–H and O–H groups in total. The van der Waals surface area contributed by atoms with Gasteiger partial charge in [-0.15, -0.1) is 0 Å². The summed E-state index contributed by atoms with van der Waals surface area (Å²) in [4.78, 5) is 4.99. The second-order valence-corrected chi connectivity index (χ2v) is 10.9. The molecule has 0 saturated carbocycles. The van der Waals surface area contributed by atoms with E-state index in [4.69, 9.17) is 0 Å². The van der Waals surface area contributed by atoms with Gasteiger partial charge in [-0.2, -0.15) is 0 Å². The molecular formula is C36H22BN3. The third-order valence-electron chi connectivity index (χ3n) is 9.07. The highest BCUT2D eigenvalue weighted by molar-refractivity contribution is 7.00. The van der Waals surface area contributed by atoms with Crippen LogP contribution in [0.2, 0.25) is 0 Å². The van der Waals surface area contributed by atoms with Crippen molar-refractivity contribution in [1.82, 2.24) is 4.57 Å². The molecule has 0 unspecified atom stereocenters. The van der Waals surface area contributed by atoms with Gasteiger partial charge >= 0.3 is 0 Å². The van der Waals surface area contributed by atoms with Crippen LogP contribution in [-0.2, 0) is 0 Å². The SMILES string of the molecule is c1ccc(N2c3ccccc3B3c4cccc5c4N(c4cccc2c43)c2cccc3c4ccccc4n-5c23)cc1. The number of fused-ring (bicyclic) bond motifs is 9. The highest BCUT2D eigenvalue weighted by atomic mass is 15.2. The Morgan fingerprint density at radius 3 is 1.98 bits per heavy atom. The predicted octanol–water partition coefficient (Wildman–Crippen LogP) is 7.18. The van der Waals surface area contributed by atoms with Crippen LogP contribution in [0.25, 0.3) is 27.5 Å². The Morgan fingerprint density at radius 2 is 1.05 bits per heavy atom. The Balaban J connectivity index is 1.38. The molecule has 0 spiro atoms. The quantitative estimate of drug-likeness (QED) is 0.218. The molecule has 0 amide bonds. The first-order valence-electron chi connectivity index (χ1n) is 13.9. The average molecular weight is 507 g/mol. The molecule has 1 aromatic heterocycles. The summed E-state index contributed by atoms with van der Waals surface area (Å²) < 4.78 is 2.50. The fraction of sp³-hybridized carbons (Fsp3) is 0. The van der Waals surface area contributed by atoms with E-state index in [0.29, 0.717) is 0 Å². The van der Waals surface area contributed by atoms with Crippen molar-refractivity contribution in [2.75, 3.05) is 9.80 Å². The first-order valence-corrected chi connectivity index (χ1v) is 13.9. The van der Waals surface area contributed by atoms with Gasteiger partial charge < -0.3 is 14.4 Å². The lowest BCUT2D eigenvalue weighted by atomic mass is 9.33. The monoisotopic (exact) mass is 507 g/mol. The van der Waals surface area contributed by atoms with Crippen molar-refractivity contribution >= 4 is 79.0 Å². The minimum absolute atomic E-state index is 0.149. The van der Waals surface area contributed by atoms with E-state index in [1.54, 1.807) is 0 Å². The van der Waals surface area contributed by atoms with Crippen molar-refractivity contribution in [3.63, 3.8) is 0 Å². The van der Waals surface area contributed by atoms with Crippen molar-refractivity contribution in [2.24, 2.45) is 0 Å². The van der Waals surface area contributed by atoms with E-state index < -0.39 is 0 Å². The van der Waals surface area contributed by atoms with Gasteiger partial charge in [0, 0.05) is 33.5 Å². The molecule has 3 aliphatic heterocycles. The summed E-state index contributed by atoms with van der Waals surface area (Å²) in [6.07, 6.45) is 0. The van der Waals surface area contributed by atoms with Crippen LogP contribution in [0.5, 0.6) is 0 Å². The molecule has 40 heavy (non-hydrogen) atoms. The summed E-state index contributed by atoms with van der Waals surface area (Å²) in [7, 11) is 0. The molecule has 0 saturated heterocycles. The number of nitrogens with zero attached hydrogens (tertiary/aromatic N) is 3. The van der Waals surface area contributed by atoms with Crippen molar-refractivity contribution in [3.8, 4) is 5.69 Å². The van der Waals surface area contributed by atoms with Crippen molar-refractivity contribution in [2.45, 2.75) is 0 Å². The van der Waals surface area contributed by atoms with Gasteiger partial charge in [-0.05, 0) is 64.9 Å². The van der Waals surface area contributed by atoms with Gasteiger partial charge in [-0.1, -0.05) is 84.9 Å². The minimum Gasteiger partial charge on any atom is -0.311 e. The fourth-order valence-corrected chi connectivity index (χ4v) is 7.63. The number of para-hydroxylation sites is 5. The zero-order chi connectivity index (χ0) is 25.9. The highest BCUT2D eigenvalue weighted by Gasteiger charge is 2.45. The molecule has 6 aromatic carbocycles. The predicted molar refractivity (Wildman–Crippen MR) is 168 cm³/mol. The minimum atomic E-state index is 0.149. The van der Waals surface area contributed by atoms with Crippen LogP contribution in [0.15, 0.2) is 133 Å². The number of hydrogen-bond donors (Lipinski definition) is 0. The maximum absolute atomic E-state index is 2.54. The van der Waals surface area contributed by atoms with Crippen molar-refractivity contribution < 1.29 is 0 Å². The van der Waals surface area contributed by atoms with Gasteiger partial charge in [-0.3, -0.25) is 0 Å². The third kappa shape index (κ3) is 2.35. The number of anilines is 6. The van der Waals surface area contributed by atoms with E-state index in [2.05, 4.69) is 148 Å². The van der Waals surface area contributed by atoms with Crippen LogP contribution in [-0.4, -0.2) is 11.3 Å². The van der Waals surface area contributed by atoms with E-state index in [9.17, 15) is 0 Å². The van der Waals surface area contributed by atoms with Crippen LogP contribution >= 0.6 is 0 Å². The lowest BCUT2D eigenvalue weighted by Gasteiger charge is -2.46. The average Bonchev–Trinajstić information content (AvgIpc) is 3.36. The maximum atomic E-state index is 2.54. The normalized spacial score (nSPS) is 13.8. The molecule has 0 radical (unpaired) electrons. The van der Waals surface area contributed by atoms with Gasteiger partial charge in [-0.25, -0.2) is 0 Å². The molecule has 3 nitrogen and oxygen atoms in total. The summed E-state index contributed by atoms with van der Waals surface area (Å²) >= 11 is 0. The van der Waals surface area contributed by atoms with Gasteiger partial charge in [0.2, 0.25) is 0 Å². The highest BCUT2D eigenvalue weighted by Crippen LogP contribution is 2.51. The standard InChI is InChI=1S/C36H22BN3/c1-2-11-23(12-3-1)38-29-18-7-5-15-26(29)37-27-16-9-22-33-36(27)40(31-20-10-19-30(38)34(31)37)32-21-8-14-25-24-13-4-6-17-28(24)39(33)35(25)32/h1-22H. The van der Waals surface area contributed by atoms with Crippen molar-refractivity contribution in [3.05, 3.63) is 133 Å². The zero-order valence-corrected chi connectivity index (χ0v) is 21.6. The lowest BCUT2D eigenvalue weighted by Crippen LogP contribution is -2.61. The van der Waals surface area contributed by atoms with Crippen LogP contribution in [0, 0.1) is 0 Å². The zero-order valence-electron chi connectivity index (χ0n) is 21.6. The van der Waals surface area contributed by atoms with E-state index >= 15 is 0 Å². The Labute approximate surface area is 232 Å². The van der Waals surface area contributed by atoms with E-state index in [1.165, 1.54) is 78.0 Å². The van der Waals surface area contributed by atoms with Gasteiger partial charge in [0.15, 0.2) is 0 Å². The summed E-state index contributed by atoms with van der Waals surface area (Å²) in [6, 6.07) is 49.1. The first-order chi connectivity index (χ1) is 19.9. The summed E-state index contributed by atoms with van der Waals surface area (Å²) in [6.45, 7) is 0.149.